The Hall–Kier alpha value is -1.07. The molecule has 1 aromatic rings. The highest BCUT2D eigenvalue weighted by Crippen LogP contribution is 2.36. The van der Waals surface area contributed by atoms with Gasteiger partial charge in [0.25, 0.3) is 0 Å². The molecule has 8 nitrogen and oxygen atoms in total. The van der Waals surface area contributed by atoms with Crippen molar-refractivity contribution in [1.82, 2.24) is 4.31 Å². The number of halogens is 1. The highest BCUT2D eigenvalue weighted by atomic mass is 35.5. The van der Waals surface area contributed by atoms with Gasteiger partial charge in [0.1, 0.15) is 10.6 Å². The molecule has 0 bridgehead atoms. The molecule has 1 aliphatic rings. The first-order chi connectivity index (χ1) is 11.6. The van der Waals surface area contributed by atoms with E-state index in [1.807, 2.05) is 6.92 Å². The molecule has 1 atom stereocenters. The summed E-state index contributed by atoms with van der Waals surface area (Å²) in [4.78, 5) is 0.00992. The Morgan fingerprint density at radius 3 is 2.46 bits per heavy atom. The molecule has 0 spiro atoms. The molecule has 26 heavy (non-hydrogen) atoms. The number of benzene rings is 1. The van der Waals surface area contributed by atoms with Crippen LogP contribution in [0.25, 0.3) is 0 Å². The number of hydrogen-bond donors (Lipinski definition) is 2. The van der Waals surface area contributed by atoms with Crippen LogP contribution in [0.4, 0.5) is 5.69 Å². The first kappa shape index (κ1) is 23.0. The van der Waals surface area contributed by atoms with Crippen molar-refractivity contribution in [3.63, 3.8) is 0 Å². The highest BCUT2D eigenvalue weighted by molar-refractivity contribution is 7.92. The molecular formula is C15H26ClN3O5S2. The lowest BCUT2D eigenvalue weighted by molar-refractivity contribution is 0.348. The largest absolute Gasteiger partial charge is 0.495 e. The normalized spacial score (nSPS) is 21.2. The van der Waals surface area contributed by atoms with Crippen LogP contribution in [0.15, 0.2) is 23.1 Å². The number of rotatable bonds is 7. The SMILES string of the molecule is CCS(=O)(=O)Nc1ccc(S(=O)(=O)N2CCC(C)(CN)C2)c(OC)c1.Cl. The van der Waals surface area contributed by atoms with Gasteiger partial charge in [0.15, 0.2) is 0 Å². The lowest BCUT2D eigenvalue weighted by atomic mass is 9.90. The zero-order chi connectivity index (χ0) is 18.9. The van der Waals surface area contributed by atoms with E-state index in [0.717, 1.165) is 0 Å². The summed E-state index contributed by atoms with van der Waals surface area (Å²) in [6, 6.07) is 4.15. The Morgan fingerprint density at radius 1 is 1.31 bits per heavy atom. The van der Waals surface area contributed by atoms with Crippen molar-refractivity contribution in [3.8, 4) is 5.75 Å². The molecule has 150 valence electrons. The molecular weight excluding hydrogens is 402 g/mol. The van der Waals surface area contributed by atoms with E-state index >= 15 is 0 Å². The smallest absolute Gasteiger partial charge is 0.246 e. The van der Waals surface area contributed by atoms with Crippen molar-refractivity contribution >= 4 is 38.1 Å². The third-order valence-corrected chi connectivity index (χ3v) is 7.64. The third kappa shape index (κ3) is 4.80. The fraction of sp³-hybridized carbons (Fsp3) is 0.600. The number of anilines is 1. The van der Waals surface area contributed by atoms with Crippen LogP contribution >= 0.6 is 12.4 Å². The van der Waals surface area contributed by atoms with Gasteiger partial charge in [0.2, 0.25) is 20.0 Å². The number of nitrogens with one attached hydrogen (secondary N) is 1. The van der Waals surface area contributed by atoms with Crippen LogP contribution in [0.5, 0.6) is 5.75 Å². The molecule has 2 rings (SSSR count). The van der Waals surface area contributed by atoms with Crippen LogP contribution in [0.3, 0.4) is 0 Å². The van der Waals surface area contributed by atoms with E-state index in [1.54, 1.807) is 0 Å². The van der Waals surface area contributed by atoms with Gasteiger partial charge in [-0.15, -0.1) is 12.4 Å². The van der Waals surface area contributed by atoms with Crippen LogP contribution in [-0.4, -0.2) is 53.6 Å². The summed E-state index contributed by atoms with van der Waals surface area (Å²) in [6.45, 7) is 4.62. The van der Waals surface area contributed by atoms with E-state index in [4.69, 9.17) is 10.5 Å². The number of methoxy groups -OCH3 is 1. The Balaban J connectivity index is 0.00000338. The zero-order valence-electron chi connectivity index (χ0n) is 15.1. The molecule has 1 unspecified atom stereocenters. The minimum absolute atomic E-state index is 0. The summed E-state index contributed by atoms with van der Waals surface area (Å²) in [5.74, 6) is 0.0125. The first-order valence-electron chi connectivity index (χ1n) is 7.96. The van der Waals surface area contributed by atoms with E-state index in [0.29, 0.717) is 26.1 Å². The monoisotopic (exact) mass is 427 g/mol. The topological polar surface area (TPSA) is 119 Å². The van der Waals surface area contributed by atoms with E-state index in [2.05, 4.69) is 4.72 Å². The Labute approximate surface area is 161 Å². The van der Waals surface area contributed by atoms with Crippen molar-refractivity contribution < 1.29 is 21.6 Å². The van der Waals surface area contributed by atoms with Crippen LogP contribution in [0, 0.1) is 5.41 Å². The van der Waals surface area contributed by atoms with Crippen LogP contribution < -0.4 is 15.2 Å². The maximum Gasteiger partial charge on any atom is 0.246 e. The van der Waals surface area contributed by atoms with Crippen molar-refractivity contribution in [3.05, 3.63) is 18.2 Å². The van der Waals surface area contributed by atoms with E-state index < -0.39 is 20.0 Å². The minimum atomic E-state index is -3.75. The Kier molecular flexibility index (Phi) is 7.33. The van der Waals surface area contributed by atoms with Gasteiger partial charge in [-0.3, -0.25) is 4.72 Å². The summed E-state index contributed by atoms with van der Waals surface area (Å²) in [6.07, 6.45) is 0.694. The third-order valence-electron chi connectivity index (χ3n) is 4.45. The summed E-state index contributed by atoms with van der Waals surface area (Å²) < 4.78 is 58.2. The first-order valence-corrected chi connectivity index (χ1v) is 11.0. The van der Waals surface area contributed by atoms with Crippen LogP contribution in [0.2, 0.25) is 0 Å². The van der Waals surface area contributed by atoms with Gasteiger partial charge in [-0.25, -0.2) is 16.8 Å². The predicted molar refractivity (Wildman–Crippen MR) is 104 cm³/mol. The molecule has 0 aliphatic carbocycles. The summed E-state index contributed by atoms with van der Waals surface area (Å²) >= 11 is 0. The Bertz CT molecular complexity index is 845. The van der Waals surface area contributed by atoms with Crippen molar-refractivity contribution in [1.29, 1.82) is 0 Å². The summed E-state index contributed by atoms with van der Waals surface area (Å²) in [5.41, 5.74) is 5.77. The van der Waals surface area contributed by atoms with Gasteiger partial charge in [0, 0.05) is 19.2 Å². The second-order valence-corrected chi connectivity index (χ2v) is 10.4. The average Bonchev–Trinajstić information content (AvgIpc) is 2.98. The average molecular weight is 428 g/mol. The van der Waals surface area contributed by atoms with Crippen molar-refractivity contribution in [2.24, 2.45) is 11.1 Å². The highest BCUT2D eigenvalue weighted by Gasteiger charge is 2.40. The second kappa shape index (κ2) is 8.30. The van der Waals surface area contributed by atoms with Gasteiger partial charge in [-0.2, -0.15) is 4.31 Å². The quantitative estimate of drug-likeness (QED) is 0.675. The number of hydrogen-bond acceptors (Lipinski definition) is 6. The lowest BCUT2D eigenvalue weighted by Crippen LogP contribution is -2.34. The second-order valence-electron chi connectivity index (χ2n) is 6.47. The summed E-state index contributed by atoms with van der Waals surface area (Å²) in [7, 11) is -5.87. The molecule has 11 heteroatoms. The molecule has 1 aliphatic heterocycles. The molecule has 0 amide bonds. The van der Waals surface area contributed by atoms with Crippen molar-refractivity contribution in [2.75, 3.05) is 37.2 Å². The number of nitrogens with two attached hydrogens (primary N) is 1. The Morgan fingerprint density at radius 2 is 1.96 bits per heavy atom. The van der Waals surface area contributed by atoms with E-state index in [9.17, 15) is 16.8 Å². The molecule has 1 heterocycles. The number of sulfonamides is 2. The molecule has 0 radical (unpaired) electrons. The zero-order valence-corrected chi connectivity index (χ0v) is 17.5. The minimum Gasteiger partial charge on any atom is -0.495 e. The molecule has 0 saturated carbocycles. The van der Waals surface area contributed by atoms with E-state index in [-0.39, 0.29) is 39.9 Å². The fourth-order valence-electron chi connectivity index (χ4n) is 2.69. The predicted octanol–water partition coefficient (Wildman–Crippen LogP) is 1.24. The van der Waals surface area contributed by atoms with E-state index in [1.165, 1.54) is 36.5 Å². The van der Waals surface area contributed by atoms with Crippen LogP contribution in [0.1, 0.15) is 20.3 Å². The maximum absolute atomic E-state index is 12.9. The standard InChI is InChI=1S/C15H25N3O5S2.ClH/c1-4-24(19,20)17-12-5-6-14(13(9-12)23-3)25(21,22)18-8-7-15(2,10-16)11-18;/h5-6,9,17H,4,7-8,10-11,16H2,1-3H3;1H. The van der Waals surface area contributed by atoms with Gasteiger partial charge in [0.05, 0.1) is 18.6 Å². The summed E-state index contributed by atoms with van der Waals surface area (Å²) in [5, 5.41) is 0. The maximum atomic E-state index is 12.9. The molecule has 1 saturated heterocycles. The molecule has 3 N–H and O–H groups in total. The molecule has 1 fully saturated rings. The number of ether oxygens (including phenoxy) is 1. The molecule has 1 aromatic carbocycles. The lowest BCUT2D eigenvalue weighted by Gasteiger charge is -2.23. The molecule has 0 aromatic heterocycles. The van der Waals surface area contributed by atoms with Crippen LogP contribution in [-0.2, 0) is 20.0 Å². The fourth-order valence-corrected chi connectivity index (χ4v) is 5.04. The van der Waals surface area contributed by atoms with Gasteiger partial charge in [-0.05, 0) is 37.4 Å². The van der Waals surface area contributed by atoms with Gasteiger partial charge >= 0.3 is 0 Å². The van der Waals surface area contributed by atoms with Gasteiger partial charge < -0.3 is 10.5 Å². The number of nitrogens with zero attached hydrogens (tertiary/aromatic N) is 1. The van der Waals surface area contributed by atoms with Gasteiger partial charge in [-0.1, -0.05) is 6.92 Å². The van der Waals surface area contributed by atoms with Crippen molar-refractivity contribution in [2.45, 2.75) is 25.2 Å².